The molecule has 0 spiro atoms. The smallest absolute Gasteiger partial charge is 0.174 e. The number of hydrogen-bond donors (Lipinski definition) is 2. The number of anilines is 1. The monoisotopic (exact) mass is 412 g/mol. The Labute approximate surface area is 180 Å². The van der Waals surface area contributed by atoms with E-state index in [1.54, 1.807) is 18.3 Å². The minimum absolute atomic E-state index is 0.118. The maximum absolute atomic E-state index is 9.76. The zero-order valence-corrected chi connectivity index (χ0v) is 16.9. The number of nitrogens with one attached hydrogen (secondary N) is 1. The van der Waals surface area contributed by atoms with Crippen LogP contribution in [0, 0.1) is 0 Å². The molecule has 2 N–H and O–H groups in total. The summed E-state index contributed by atoms with van der Waals surface area (Å²) in [6, 6.07) is 27.2. The van der Waals surface area contributed by atoms with E-state index in [2.05, 4.69) is 44.2 Å². The maximum Gasteiger partial charge on any atom is 0.174 e. The molecule has 0 amide bonds. The van der Waals surface area contributed by atoms with Gasteiger partial charge in [-0.1, -0.05) is 24.3 Å². The highest BCUT2D eigenvalue weighted by Crippen LogP contribution is 2.42. The number of phenolic OH excluding ortho intramolecular Hbond substituents is 1. The van der Waals surface area contributed by atoms with Crippen molar-refractivity contribution in [1.29, 1.82) is 0 Å². The van der Waals surface area contributed by atoms with Crippen LogP contribution in [0.15, 0.2) is 97.3 Å². The van der Waals surface area contributed by atoms with Crippen LogP contribution in [0.4, 0.5) is 5.69 Å². The van der Waals surface area contributed by atoms with E-state index in [1.807, 2.05) is 54.6 Å². The van der Waals surface area contributed by atoms with Gasteiger partial charge in [0.15, 0.2) is 5.11 Å². The minimum atomic E-state index is -0.120. The summed E-state index contributed by atoms with van der Waals surface area (Å²) in [7, 11) is 0. The average molecular weight is 413 g/mol. The first-order valence-electron chi connectivity index (χ1n) is 9.75. The largest absolute Gasteiger partial charge is 0.508 e. The standard InChI is InChI=1S/C24H20N4OS/c29-19-13-11-18(12-14-19)28-23(22(26-24(28)30)20-9-4-5-15-25-20)21-10-6-16-27(21)17-7-2-1-3-8-17/h1-16,22-23,29H,(H,26,30). The highest BCUT2D eigenvalue weighted by molar-refractivity contribution is 7.80. The second kappa shape index (κ2) is 7.65. The van der Waals surface area contributed by atoms with E-state index in [1.165, 1.54) is 0 Å². The number of aromatic hydroxyl groups is 1. The Morgan fingerprint density at radius 2 is 1.60 bits per heavy atom. The van der Waals surface area contributed by atoms with Gasteiger partial charge in [0.2, 0.25) is 0 Å². The first-order chi connectivity index (χ1) is 14.7. The van der Waals surface area contributed by atoms with Crippen LogP contribution in [0.3, 0.4) is 0 Å². The molecule has 5 rings (SSSR count). The summed E-state index contributed by atoms with van der Waals surface area (Å²) in [5, 5.41) is 13.9. The van der Waals surface area contributed by atoms with E-state index in [0.29, 0.717) is 5.11 Å². The van der Waals surface area contributed by atoms with Crippen LogP contribution in [0.1, 0.15) is 23.5 Å². The first kappa shape index (κ1) is 18.4. The molecule has 3 heterocycles. The molecule has 5 nitrogen and oxygen atoms in total. The number of phenols is 1. The average Bonchev–Trinajstić information content (AvgIpc) is 3.40. The second-order valence-corrected chi connectivity index (χ2v) is 7.54. The van der Waals surface area contributed by atoms with Gasteiger partial charge < -0.3 is 19.9 Å². The summed E-state index contributed by atoms with van der Waals surface area (Å²) in [6.45, 7) is 0. The molecule has 1 aliphatic rings. The number of para-hydroxylation sites is 1. The number of benzene rings is 2. The molecule has 148 valence electrons. The Morgan fingerprint density at radius 3 is 2.33 bits per heavy atom. The van der Waals surface area contributed by atoms with Crippen molar-refractivity contribution in [1.82, 2.24) is 14.9 Å². The Bertz CT molecular complexity index is 1160. The van der Waals surface area contributed by atoms with Crippen LogP contribution in [0.5, 0.6) is 5.75 Å². The molecule has 2 unspecified atom stereocenters. The number of aromatic nitrogens is 2. The van der Waals surface area contributed by atoms with Gasteiger partial charge in [-0.05, 0) is 72.9 Å². The topological polar surface area (TPSA) is 53.3 Å². The van der Waals surface area contributed by atoms with E-state index in [-0.39, 0.29) is 17.8 Å². The molecular weight excluding hydrogens is 392 g/mol. The Hall–Kier alpha value is -3.64. The van der Waals surface area contributed by atoms with Crippen LogP contribution in [0.25, 0.3) is 5.69 Å². The van der Waals surface area contributed by atoms with Crippen molar-refractivity contribution in [3.05, 3.63) is 109 Å². The third-order valence-electron chi connectivity index (χ3n) is 5.34. The van der Waals surface area contributed by atoms with Crippen LogP contribution in [-0.2, 0) is 0 Å². The van der Waals surface area contributed by atoms with Crippen LogP contribution >= 0.6 is 12.2 Å². The second-order valence-electron chi connectivity index (χ2n) is 7.15. The Morgan fingerprint density at radius 1 is 0.833 bits per heavy atom. The first-order valence-corrected chi connectivity index (χ1v) is 10.2. The molecule has 1 fully saturated rings. The predicted octanol–water partition coefficient (Wildman–Crippen LogP) is 4.76. The minimum Gasteiger partial charge on any atom is -0.508 e. The van der Waals surface area contributed by atoms with Crippen molar-refractivity contribution in [2.24, 2.45) is 0 Å². The van der Waals surface area contributed by atoms with Crippen LogP contribution in [0.2, 0.25) is 0 Å². The highest BCUT2D eigenvalue weighted by Gasteiger charge is 2.42. The van der Waals surface area contributed by atoms with E-state index < -0.39 is 0 Å². The summed E-state index contributed by atoms with van der Waals surface area (Å²) in [6.07, 6.45) is 3.87. The van der Waals surface area contributed by atoms with Gasteiger partial charge in [-0.2, -0.15) is 0 Å². The van der Waals surface area contributed by atoms with Crippen LogP contribution in [-0.4, -0.2) is 19.8 Å². The number of hydrogen-bond acceptors (Lipinski definition) is 3. The summed E-state index contributed by atoms with van der Waals surface area (Å²) >= 11 is 5.76. The fourth-order valence-corrected chi connectivity index (χ4v) is 4.35. The number of nitrogens with zero attached hydrogens (tertiary/aromatic N) is 3. The van der Waals surface area contributed by atoms with Crippen molar-refractivity contribution in [2.75, 3.05) is 4.90 Å². The molecule has 30 heavy (non-hydrogen) atoms. The summed E-state index contributed by atoms with van der Waals surface area (Å²) in [5.41, 5.74) is 4.01. The van der Waals surface area contributed by atoms with Gasteiger partial charge in [-0.3, -0.25) is 4.98 Å². The third-order valence-corrected chi connectivity index (χ3v) is 5.66. The van der Waals surface area contributed by atoms with Crippen molar-refractivity contribution >= 4 is 23.0 Å². The summed E-state index contributed by atoms with van der Waals surface area (Å²) in [5.74, 6) is 0.224. The molecule has 1 aliphatic heterocycles. The molecule has 2 aromatic heterocycles. The van der Waals surface area contributed by atoms with Crippen LogP contribution < -0.4 is 10.2 Å². The fraction of sp³-hybridized carbons (Fsp3) is 0.0833. The molecule has 4 aromatic rings. The molecule has 0 bridgehead atoms. The number of pyridine rings is 1. The van der Waals surface area contributed by atoms with E-state index >= 15 is 0 Å². The summed E-state index contributed by atoms with van der Waals surface area (Å²) < 4.78 is 2.18. The lowest BCUT2D eigenvalue weighted by atomic mass is 10.0. The third kappa shape index (κ3) is 3.21. The fourth-order valence-electron chi connectivity index (χ4n) is 4.01. The molecule has 2 aromatic carbocycles. The lowest BCUT2D eigenvalue weighted by Crippen LogP contribution is -2.30. The zero-order valence-electron chi connectivity index (χ0n) is 16.1. The molecule has 6 heteroatoms. The van der Waals surface area contributed by atoms with Crippen molar-refractivity contribution in [3.8, 4) is 11.4 Å². The maximum atomic E-state index is 9.76. The van der Waals surface area contributed by atoms with Crippen molar-refractivity contribution in [2.45, 2.75) is 12.1 Å². The van der Waals surface area contributed by atoms with Gasteiger partial charge >= 0.3 is 0 Å². The van der Waals surface area contributed by atoms with Gasteiger partial charge in [-0.25, -0.2) is 0 Å². The van der Waals surface area contributed by atoms with Crippen molar-refractivity contribution in [3.63, 3.8) is 0 Å². The predicted molar refractivity (Wildman–Crippen MR) is 122 cm³/mol. The Kier molecular flexibility index (Phi) is 4.69. The summed E-state index contributed by atoms with van der Waals surface area (Å²) in [4.78, 5) is 6.70. The highest BCUT2D eigenvalue weighted by atomic mass is 32.1. The van der Waals surface area contributed by atoms with E-state index in [9.17, 15) is 5.11 Å². The molecule has 0 radical (unpaired) electrons. The Balaban J connectivity index is 1.67. The lowest BCUT2D eigenvalue weighted by Gasteiger charge is -2.29. The van der Waals surface area contributed by atoms with E-state index in [0.717, 1.165) is 22.8 Å². The normalized spacial score (nSPS) is 18.4. The molecule has 1 saturated heterocycles. The number of thiocarbonyl (C=S) groups is 1. The van der Waals surface area contributed by atoms with Gasteiger partial charge in [0.1, 0.15) is 11.8 Å². The molecule has 0 saturated carbocycles. The van der Waals surface area contributed by atoms with Gasteiger partial charge in [-0.15, -0.1) is 0 Å². The lowest BCUT2D eigenvalue weighted by molar-refractivity contribution is 0.475. The quantitative estimate of drug-likeness (QED) is 0.474. The SMILES string of the molecule is Oc1ccc(N2C(=S)NC(c3ccccn3)C2c2cccn2-c2ccccc2)cc1. The molecule has 2 atom stereocenters. The van der Waals surface area contributed by atoms with Crippen molar-refractivity contribution < 1.29 is 5.11 Å². The number of rotatable bonds is 4. The molecule has 0 aliphatic carbocycles. The van der Waals surface area contributed by atoms with Gasteiger partial charge in [0, 0.05) is 29.5 Å². The zero-order chi connectivity index (χ0) is 20.5. The van der Waals surface area contributed by atoms with Gasteiger partial charge in [0.05, 0.1) is 11.7 Å². The van der Waals surface area contributed by atoms with E-state index in [4.69, 9.17) is 12.2 Å². The van der Waals surface area contributed by atoms with Gasteiger partial charge in [0.25, 0.3) is 0 Å². The molecular formula is C24H20N4OS.